The van der Waals surface area contributed by atoms with E-state index in [1.165, 1.54) is 12.1 Å². The van der Waals surface area contributed by atoms with Crippen LogP contribution in [0, 0.1) is 11.2 Å². The Morgan fingerprint density at radius 1 is 1.61 bits per heavy atom. The van der Waals surface area contributed by atoms with Gasteiger partial charge in [0.25, 0.3) is 5.91 Å². The average molecular weight is 315 g/mol. The number of nitrogens with two attached hydrogens (primary N) is 1. The monoisotopic (exact) mass is 314 g/mol. The van der Waals surface area contributed by atoms with E-state index in [-0.39, 0.29) is 11.3 Å². The number of likely N-dealkylation sites (tertiary alicyclic amines) is 1. The van der Waals surface area contributed by atoms with Gasteiger partial charge in [0, 0.05) is 17.6 Å². The van der Waals surface area contributed by atoms with E-state index in [4.69, 9.17) is 5.73 Å². The molecular weight excluding hydrogens is 299 g/mol. The van der Waals surface area contributed by atoms with Gasteiger partial charge in [-0.3, -0.25) is 4.79 Å². The predicted molar refractivity (Wildman–Crippen MR) is 71.8 cm³/mol. The smallest absolute Gasteiger partial charge is 0.255 e. The first-order chi connectivity index (χ1) is 8.45. The van der Waals surface area contributed by atoms with Gasteiger partial charge in [-0.1, -0.05) is 6.92 Å². The summed E-state index contributed by atoms with van der Waals surface area (Å²) in [5.74, 6) is -0.541. The number of amides is 1. The summed E-state index contributed by atoms with van der Waals surface area (Å²) >= 11 is 3.28. The molecule has 18 heavy (non-hydrogen) atoms. The lowest BCUT2D eigenvalue weighted by atomic mass is 9.90. The predicted octanol–water partition coefficient (Wildman–Crippen LogP) is 2.40. The third kappa shape index (κ3) is 2.57. The summed E-state index contributed by atoms with van der Waals surface area (Å²) in [5.41, 5.74) is 6.07. The van der Waals surface area contributed by atoms with Crippen molar-refractivity contribution in [1.82, 2.24) is 4.90 Å². The lowest BCUT2D eigenvalue weighted by molar-refractivity contribution is 0.0775. The fourth-order valence-corrected chi connectivity index (χ4v) is 2.61. The van der Waals surface area contributed by atoms with Gasteiger partial charge in [0.05, 0.1) is 5.56 Å². The molecule has 0 spiro atoms. The number of carbonyl (C=O) groups excluding carboxylic acids is 1. The van der Waals surface area contributed by atoms with Crippen molar-refractivity contribution in [3.63, 3.8) is 0 Å². The molecule has 1 saturated heterocycles. The minimum absolute atomic E-state index is 0.0184. The van der Waals surface area contributed by atoms with Gasteiger partial charge in [0.2, 0.25) is 0 Å². The highest BCUT2D eigenvalue weighted by molar-refractivity contribution is 9.10. The van der Waals surface area contributed by atoms with Gasteiger partial charge >= 0.3 is 0 Å². The molecule has 1 aliphatic rings. The van der Waals surface area contributed by atoms with Crippen molar-refractivity contribution < 1.29 is 9.18 Å². The van der Waals surface area contributed by atoms with Gasteiger partial charge in [-0.05, 0) is 52.5 Å². The molecule has 0 saturated carbocycles. The van der Waals surface area contributed by atoms with Crippen LogP contribution in [-0.4, -0.2) is 30.4 Å². The first-order valence-electron chi connectivity index (χ1n) is 5.90. The first kappa shape index (κ1) is 13.5. The molecule has 1 aliphatic heterocycles. The molecule has 0 aromatic heterocycles. The first-order valence-corrected chi connectivity index (χ1v) is 6.69. The third-order valence-electron chi connectivity index (χ3n) is 3.50. The Bertz CT molecular complexity index is 480. The van der Waals surface area contributed by atoms with Crippen LogP contribution in [0.5, 0.6) is 0 Å². The number of carbonyl (C=O) groups is 1. The van der Waals surface area contributed by atoms with Crippen molar-refractivity contribution in [1.29, 1.82) is 0 Å². The molecule has 1 aromatic rings. The largest absolute Gasteiger partial charge is 0.338 e. The Balaban J connectivity index is 2.20. The Morgan fingerprint density at radius 2 is 2.33 bits per heavy atom. The molecule has 0 aliphatic carbocycles. The van der Waals surface area contributed by atoms with Crippen molar-refractivity contribution in [2.24, 2.45) is 11.1 Å². The van der Waals surface area contributed by atoms with E-state index in [1.54, 1.807) is 11.0 Å². The summed E-state index contributed by atoms with van der Waals surface area (Å²) in [6.45, 7) is 3.93. The topological polar surface area (TPSA) is 46.3 Å². The maximum absolute atomic E-state index is 13.2. The van der Waals surface area contributed by atoms with Crippen LogP contribution >= 0.6 is 15.9 Å². The lowest BCUT2D eigenvalue weighted by Crippen LogP contribution is -2.34. The van der Waals surface area contributed by atoms with Gasteiger partial charge in [0.15, 0.2) is 0 Å². The molecule has 2 N–H and O–H groups in total. The number of hydrogen-bond donors (Lipinski definition) is 1. The van der Waals surface area contributed by atoms with Gasteiger partial charge in [-0.15, -0.1) is 0 Å². The van der Waals surface area contributed by atoms with E-state index < -0.39 is 5.82 Å². The van der Waals surface area contributed by atoms with Crippen LogP contribution < -0.4 is 5.73 Å². The highest BCUT2D eigenvalue weighted by atomic mass is 79.9. The molecule has 0 bridgehead atoms. The number of benzene rings is 1. The lowest BCUT2D eigenvalue weighted by Gasteiger charge is -2.22. The Morgan fingerprint density at radius 3 is 2.94 bits per heavy atom. The Hall–Kier alpha value is -0.940. The maximum atomic E-state index is 13.2. The van der Waals surface area contributed by atoms with Crippen molar-refractivity contribution in [3.8, 4) is 0 Å². The summed E-state index contributed by atoms with van der Waals surface area (Å²) in [7, 11) is 0. The number of hydrogen-bond acceptors (Lipinski definition) is 2. The van der Waals surface area contributed by atoms with Crippen molar-refractivity contribution >= 4 is 21.8 Å². The molecule has 1 fully saturated rings. The molecule has 2 rings (SSSR count). The fourth-order valence-electron chi connectivity index (χ4n) is 2.20. The van der Waals surface area contributed by atoms with E-state index >= 15 is 0 Å². The highest BCUT2D eigenvalue weighted by Gasteiger charge is 2.35. The number of nitrogens with zero attached hydrogens (tertiary/aromatic N) is 1. The Kier molecular flexibility index (Phi) is 3.73. The molecule has 3 nitrogen and oxygen atoms in total. The Labute approximate surface area is 114 Å². The van der Waals surface area contributed by atoms with Gasteiger partial charge in [-0.25, -0.2) is 4.39 Å². The summed E-state index contributed by atoms with van der Waals surface area (Å²) in [6.07, 6.45) is 0.891. The zero-order valence-electron chi connectivity index (χ0n) is 10.2. The summed E-state index contributed by atoms with van der Waals surface area (Å²) in [4.78, 5) is 14.1. The van der Waals surface area contributed by atoms with Crippen LogP contribution in [-0.2, 0) is 0 Å². The number of rotatable bonds is 2. The molecule has 98 valence electrons. The second kappa shape index (κ2) is 4.97. The molecule has 5 heteroatoms. The summed E-state index contributed by atoms with van der Waals surface area (Å²) in [6, 6.07) is 4.15. The minimum atomic E-state index is -0.401. The van der Waals surface area contributed by atoms with E-state index in [1.807, 2.05) is 0 Å². The SMILES string of the molecule is CC1(CN)CCN(C(=O)c2cc(F)ccc2Br)C1. The van der Waals surface area contributed by atoms with E-state index in [2.05, 4.69) is 22.9 Å². The second-order valence-electron chi connectivity index (χ2n) is 5.12. The van der Waals surface area contributed by atoms with Crippen molar-refractivity contribution in [2.45, 2.75) is 13.3 Å². The van der Waals surface area contributed by atoms with Crippen LogP contribution in [0.3, 0.4) is 0 Å². The normalized spacial score (nSPS) is 23.4. The van der Waals surface area contributed by atoms with Gasteiger partial charge in [-0.2, -0.15) is 0 Å². The standard InChI is InChI=1S/C13H16BrFN2O/c1-13(7-16)4-5-17(8-13)12(18)10-6-9(15)2-3-11(10)14/h2-3,6H,4-5,7-8,16H2,1H3. The molecule has 1 atom stereocenters. The molecule has 1 amide bonds. The number of halogens is 2. The quantitative estimate of drug-likeness (QED) is 0.911. The van der Waals surface area contributed by atoms with E-state index in [0.717, 1.165) is 6.42 Å². The maximum Gasteiger partial charge on any atom is 0.255 e. The zero-order chi connectivity index (χ0) is 13.3. The molecular formula is C13H16BrFN2O. The van der Waals surface area contributed by atoms with Crippen LogP contribution in [0.4, 0.5) is 4.39 Å². The third-order valence-corrected chi connectivity index (χ3v) is 4.19. The molecule has 1 aromatic carbocycles. The summed E-state index contributed by atoms with van der Waals surface area (Å²) in [5, 5.41) is 0. The average Bonchev–Trinajstić information content (AvgIpc) is 2.75. The zero-order valence-corrected chi connectivity index (χ0v) is 11.8. The van der Waals surface area contributed by atoms with Crippen LogP contribution in [0.25, 0.3) is 0 Å². The molecule has 1 heterocycles. The van der Waals surface area contributed by atoms with E-state index in [0.29, 0.717) is 29.7 Å². The van der Waals surface area contributed by atoms with Crippen LogP contribution in [0.2, 0.25) is 0 Å². The molecule has 1 unspecified atom stereocenters. The minimum Gasteiger partial charge on any atom is -0.338 e. The van der Waals surface area contributed by atoms with E-state index in [9.17, 15) is 9.18 Å². The highest BCUT2D eigenvalue weighted by Crippen LogP contribution is 2.30. The van der Waals surface area contributed by atoms with Crippen LogP contribution in [0.15, 0.2) is 22.7 Å². The van der Waals surface area contributed by atoms with Crippen molar-refractivity contribution in [2.75, 3.05) is 19.6 Å². The fraction of sp³-hybridized carbons (Fsp3) is 0.462. The van der Waals surface area contributed by atoms with Gasteiger partial charge in [0.1, 0.15) is 5.82 Å². The van der Waals surface area contributed by atoms with Crippen molar-refractivity contribution in [3.05, 3.63) is 34.1 Å². The second-order valence-corrected chi connectivity index (χ2v) is 5.97. The van der Waals surface area contributed by atoms with Gasteiger partial charge < -0.3 is 10.6 Å². The summed E-state index contributed by atoms with van der Waals surface area (Å²) < 4.78 is 13.8. The molecule has 0 radical (unpaired) electrons. The van der Waals surface area contributed by atoms with Crippen LogP contribution in [0.1, 0.15) is 23.7 Å².